The Hall–Kier alpha value is -0.510. The summed E-state index contributed by atoms with van der Waals surface area (Å²) in [6.45, 7) is 4.57. The van der Waals surface area contributed by atoms with E-state index in [0.717, 1.165) is 0 Å². The van der Waals surface area contributed by atoms with E-state index in [1.54, 1.807) is 6.92 Å². The third kappa shape index (κ3) is 8.30. The molecule has 0 saturated heterocycles. The first-order valence-electron chi connectivity index (χ1n) is 5.72. The predicted molar refractivity (Wildman–Crippen MR) is 70.4 cm³/mol. The lowest BCUT2D eigenvalue weighted by Crippen LogP contribution is -2.33. The number of hydrogen-bond donors (Lipinski definition) is 1. The van der Waals surface area contributed by atoms with Crippen molar-refractivity contribution >= 4 is 27.2 Å². The van der Waals surface area contributed by atoms with Gasteiger partial charge in [-0.25, -0.2) is 4.21 Å². The van der Waals surface area contributed by atoms with E-state index in [-0.39, 0.29) is 31.1 Å². The summed E-state index contributed by atoms with van der Waals surface area (Å²) >= 11 is -2.03. The van der Waals surface area contributed by atoms with Crippen molar-refractivity contribution in [3.05, 3.63) is 0 Å². The van der Waals surface area contributed by atoms with E-state index < -0.39 is 32.6 Å². The topological polar surface area (TPSA) is 107 Å². The van der Waals surface area contributed by atoms with Gasteiger partial charge in [-0.15, -0.1) is 0 Å². The van der Waals surface area contributed by atoms with Crippen LogP contribution < -0.4 is 0 Å². The van der Waals surface area contributed by atoms with Gasteiger partial charge < -0.3 is 9.29 Å². The van der Waals surface area contributed by atoms with Crippen molar-refractivity contribution in [3.8, 4) is 0 Å². The zero-order valence-electron chi connectivity index (χ0n) is 11.2. The van der Waals surface area contributed by atoms with E-state index in [1.165, 1.54) is 13.8 Å². The molecule has 0 aromatic rings. The highest BCUT2D eigenvalue weighted by Gasteiger charge is 2.31. The van der Waals surface area contributed by atoms with Gasteiger partial charge in [-0.05, 0) is 27.2 Å². The highest BCUT2D eigenvalue weighted by molar-refractivity contribution is 7.86. The molecule has 0 amide bonds. The van der Waals surface area contributed by atoms with Crippen LogP contribution in [-0.2, 0) is 34.9 Å². The fourth-order valence-corrected chi connectivity index (χ4v) is 2.70. The third-order valence-corrected chi connectivity index (χ3v) is 4.04. The molecule has 7 nitrogen and oxygen atoms in total. The summed E-state index contributed by atoms with van der Waals surface area (Å²) in [5.74, 6) is -1.04. The Morgan fingerprint density at radius 2 is 1.95 bits per heavy atom. The Kier molecular flexibility index (Phi) is 7.72. The number of rotatable bonds is 9. The maximum Gasteiger partial charge on any atom is 0.313 e. The number of esters is 1. The predicted octanol–water partition coefficient (Wildman–Crippen LogP) is 0.534. The van der Waals surface area contributed by atoms with Crippen molar-refractivity contribution in [1.82, 2.24) is 0 Å². The van der Waals surface area contributed by atoms with Gasteiger partial charge in [0.1, 0.15) is 0 Å². The Bertz CT molecular complexity index is 414. The van der Waals surface area contributed by atoms with Crippen LogP contribution in [0.1, 0.15) is 27.2 Å². The summed E-state index contributed by atoms with van der Waals surface area (Å²) in [5, 5.41) is 0. The Morgan fingerprint density at radius 1 is 1.37 bits per heavy atom. The number of ether oxygens (including phenoxy) is 1. The van der Waals surface area contributed by atoms with Crippen LogP contribution in [0.15, 0.2) is 0 Å². The van der Waals surface area contributed by atoms with Crippen LogP contribution in [0.2, 0.25) is 0 Å². The van der Waals surface area contributed by atoms with E-state index >= 15 is 0 Å². The van der Waals surface area contributed by atoms with Gasteiger partial charge in [0.2, 0.25) is 0 Å². The van der Waals surface area contributed by atoms with Crippen molar-refractivity contribution in [2.45, 2.75) is 27.2 Å². The summed E-state index contributed by atoms with van der Waals surface area (Å²) in [6.07, 6.45) is 0.0191. The van der Waals surface area contributed by atoms with E-state index in [0.29, 0.717) is 0 Å². The first-order valence-corrected chi connectivity index (χ1v) is 8.58. The fraction of sp³-hybridized carbons (Fsp3) is 0.900. The molecule has 0 bridgehead atoms. The molecule has 1 atom stereocenters. The van der Waals surface area contributed by atoms with Crippen molar-refractivity contribution in [3.63, 3.8) is 0 Å². The zero-order valence-corrected chi connectivity index (χ0v) is 12.9. The minimum atomic E-state index is -3.81. The van der Waals surface area contributed by atoms with E-state index in [2.05, 4.69) is 0 Å². The summed E-state index contributed by atoms with van der Waals surface area (Å²) in [5.41, 5.74) is -1.07. The molecule has 0 aromatic carbocycles. The molecular weight excluding hydrogens is 296 g/mol. The lowest BCUT2D eigenvalue weighted by atomic mass is 9.95. The third-order valence-electron chi connectivity index (χ3n) is 2.14. The number of hydrogen-bond acceptors (Lipinski definition) is 6. The van der Waals surface area contributed by atoms with Crippen LogP contribution in [0.3, 0.4) is 0 Å². The van der Waals surface area contributed by atoms with Gasteiger partial charge in [0.25, 0.3) is 10.1 Å². The SMILES string of the molecule is CCOC(=O)C(C)(C)COS(=O)(=O)CCCS(=O)O. The molecule has 0 radical (unpaired) electrons. The normalized spacial score (nSPS) is 14.1. The van der Waals surface area contributed by atoms with Crippen LogP contribution >= 0.6 is 0 Å². The van der Waals surface area contributed by atoms with Gasteiger partial charge in [0.05, 0.1) is 30.1 Å². The monoisotopic (exact) mass is 316 g/mol. The molecule has 0 aliphatic heterocycles. The summed E-state index contributed by atoms with van der Waals surface area (Å²) in [6, 6.07) is 0. The van der Waals surface area contributed by atoms with Crippen LogP contribution in [0.25, 0.3) is 0 Å². The molecule has 0 aromatic heterocycles. The van der Waals surface area contributed by atoms with Gasteiger partial charge >= 0.3 is 5.97 Å². The summed E-state index contributed by atoms with van der Waals surface area (Å²) in [7, 11) is -3.81. The molecule has 9 heteroatoms. The summed E-state index contributed by atoms with van der Waals surface area (Å²) < 4.78 is 51.4. The van der Waals surface area contributed by atoms with Crippen LogP contribution in [-0.4, -0.2) is 47.9 Å². The molecule has 19 heavy (non-hydrogen) atoms. The second-order valence-corrected chi connectivity index (χ2v) is 7.32. The van der Waals surface area contributed by atoms with Crippen LogP contribution in [0, 0.1) is 5.41 Å². The maximum absolute atomic E-state index is 11.5. The molecule has 0 aliphatic carbocycles. The highest BCUT2D eigenvalue weighted by atomic mass is 32.2. The number of carbonyl (C=O) groups is 1. The van der Waals surface area contributed by atoms with Crippen LogP contribution in [0.5, 0.6) is 0 Å². The molecule has 0 aliphatic rings. The molecule has 0 rings (SSSR count). The van der Waals surface area contributed by atoms with Crippen molar-refractivity contribution in [1.29, 1.82) is 0 Å². The average Bonchev–Trinajstić information content (AvgIpc) is 2.26. The Morgan fingerprint density at radius 3 is 2.42 bits per heavy atom. The average molecular weight is 316 g/mol. The highest BCUT2D eigenvalue weighted by Crippen LogP contribution is 2.19. The molecule has 0 spiro atoms. The Balaban J connectivity index is 4.29. The van der Waals surface area contributed by atoms with Gasteiger partial charge in [-0.2, -0.15) is 8.42 Å². The van der Waals surface area contributed by atoms with Gasteiger partial charge in [0, 0.05) is 0 Å². The minimum absolute atomic E-state index is 0.0191. The summed E-state index contributed by atoms with van der Waals surface area (Å²) in [4.78, 5) is 11.5. The number of carbonyl (C=O) groups excluding carboxylic acids is 1. The lowest BCUT2D eigenvalue weighted by molar-refractivity contribution is -0.154. The van der Waals surface area contributed by atoms with E-state index in [1.807, 2.05) is 0 Å². The van der Waals surface area contributed by atoms with E-state index in [9.17, 15) is 17.4 Å². The van der Waals surface area contributed by atoms with E-state index in [4.69, 9.17) is 13.5 Å². The van der Waals surface area contributed by atoms with Gasteiger partial charge in [-0.1, -0.05) is 0 Å². The standard InChI is InChI=1S/C10H20O7S2/c1-4-16-9(11)10(2,3)8-17-19(14,15)7-5-6-18(12)13/h4-8H2,1-3H3,(H,12,13). The van der Waals surface area contributed by atoms with Crippen molar-refractivity contribution < 1.29 is 30.9 Å². The fourth-order valence-electron chi connectivity index (χ4n) is 1.04. The largest absolute Gasteiger partial charge is 0.466 e. The molecule has 1 N–H and O–H groups in total. The quantitative estimate of drug-likeness (QED) is 0.375. The molecule has 0 heterocycles. The first-order chi connectivity index (χ1) is 8.60. The van der Waals surface area contributed by atoms with Crippen molar-refractivity contribution in [2.75, 3.05) is 24.7 Å². The van der Waals surface area contributed by atoms with Crippen LogP contribution in [0.4, 0.5) is 0 Å². The minimum Gasteiger partial charge on any atom is -0.466 e. The Labute approximate surface area is 116 Å². The molecule has 114 valence electrons. The molecule has 0 fully saturated rings. The second kappa shape index (κ2) is 7.93. The molecular formula is C10H20O7S2. The van der Waals surface area contributed by atoms with Gasteiger partial charge in [0.15, 0.2) is 11.1 Å². The lowest BCUT2D eigenvalue weighted by Gasteiger charge is -2.21. The second-order valence-electron chi connectivity index (χ2n) is 4.51. The van der Waals surface area contributed by atoms with Crippen molar-refractivity contribution in [2.24, 2.45) is 5.41 Å². The maximum atomic E-state index is 11.5. The molecule has 1 unspecified atom stereocenters. The van der Waals surface area contributed by atoms with Gasteiger partial charge in [-0.3, -0.25) is 8.98 Å². The zero-order chi connectivity index (χ0) is 15.1. The smallest absolute Gasteiger partial charge is 0.313 e. The molecule has 0 saturated carbocycles. The first kappa shape index (κ1) is 18.5.